The highest BCUT2D eigenvalue weighted by Gasteiger charge is 2.14. The van der Waals surface area contributed by atoms with Gasteiger partial charge in [-0.1, -0.05) is 18.2 Å². The number of ether oxygens (including phenoxy) is 2. The number of para-hydroxylation sites is 1. The molecule has 0 aliphatic heterocycles. The Balaban J connectivity index is 1.91. The summed E-state index contributed by atoms with van der Waals surface area (Å²) in [5.41, 5.74) is 1.21. The van der Waals surface area contributed by atoms with Crippen LogP contribution in [0.4, 0.5) is 0 Å². The largest absolute Gasteiger partial charge is 0.489 e. The van der Waals surface area contributed by atoms with Crippen molar-refractivity contribution < 1.29 is 9.47 Å². The fourth-order valence-corrected chi connectivity index (χ4v) is 3.20. The fraction of sp³-hybridized carbons (Fsp3) is 0.333. The van der Waals surface area contributed by atoms with Gasteiger partial charge in [0.2, 0.25) is 0 Å². The lowest BCUT2D eigenvalue weighted by Gasteiger charge is -2.21. The maximum Gasteiger partial charge on any atom is 0.133 e. The van der Waals surface area contributed by atoms with Crippen molar-refractivity contribution >= 4 is 31.9 Å². The van der Waals surface area contributed by atoms with Crippen LogP contribution in [0.25, 0.3) is 0 Å². The van der Waals surface area contributed by atoms with Gasteiger partial charge in [-0.3, -0.25) is 0 Å². The van der Waals surface area contributed by atoms with Crippen molar-refractivity contribution in [2.24, 2.45) is 0 Å². The SMILES string of the molecule is Cc1ccc(OC(C)CC(C)Oc2ccccc2Br)c(Br)c1. The highest BCUT2D eigenvalue weighted by molar-refractivity contribution is 9.10. The van der Waals surface area contributed by atoms with Gasteiger partial charge >= 0.3 is 0 Å². The van der Waals surface area contributed by atoms with Crippen LogP contribution in [0.1, 0.15) is 25.8 Å². The van der Waals surface area contributed by atoms with E-state index in [0.29, 0.717) is 0 Å². The van der Waals surface area contributed by atoms with E-state index in [4.69, 9.17) is 9.47 Å². The molecule has 2 unspecified atom stereocenters. The van der Waals surface area contributed by atoms with Gasteiger partial charge in [-0.25, -0.2) is 0 Å². The van der Waals surface area contributed by atoms with Crippen molar-refractivity contribution in [2.75, 3.05) is 0 Å². The Morgan fingerprint density at radius 3 is 2.05 bits per heavy atom. The molecule has 4 heteroatoms. The average Bonchev–Trinajstić information content (AvgIpc) is 2.44. The second-order valence-corrected chi connectivity index (χ2v) is 7.17. The van der Waals surface area contributed by atoms with Crippen molar-refractivity contribution in [1.29, 1.82) is 0 Å². The van der Waals surface area contributed by atoms with Gasteiger partial charge in [0.25, 0.3) is 0 Å². The van der Waals surface area contributed by atoms with Gasteiger partial charge in [0.1, 0.15) is 11.5 Å². The molecule has 2 atom stereocenters. The Hall–Kier alpha value is -1.000. The van der Waals surface area contributed by atoms with E-state index in [0.717, 1.165) is 26.9 Å². The smallest absolute Gasteiger partial charge is 0.133 e. The molecular weight excluding hydrogens is 408 g/mol. The first-order valence-electron chi connectivity index (χ1n) is 7.29. The van der Waals surface area contributed by atoms with Crippen molar-refractivity contribution in [3.63, 3.8) is 0 Å². The summed E-state index contributed by atoms with van der Waals surface area (Å²) in [5.74, 6) is 1.73. The van der Waals surface area contributed by atoms with E-state index in [-0.39, 0.29) is 12.2 Å². The quantitative estimate of drug-likeness (QED) is 0.550. The predicted octanol–water partition coefficient (Wildman–Crippen LogP) is 6.14. The molecular formula is C18H20Br2O2. The van der Waals surface area contributed by atoms with Crippen LogP contribution in [0.15, 0.2) is 51.4 Å². The number of hydrogen-bond donors (Lipinski definition) is 0. The molecule has 118 valence electrons. The maximum atomic E-state index is 6.00. The zero-order valence-electron chi connectivity index (χ0n) is 13.0. The third-order valence-electron chi connectivity index (χ3n) is 3.24. The molecule has 2 aromatic carbocycles. The molecule has 0 saturated carbocycles. The van der Waals surface area contributed by atoms with Gasteiger partial charge in [-0.05, 0) is 82.5 Å². The van der Waals surface area contributed by atoms with Crippen LogP contribution in [0.3, 0.4) is 0 Å². The Bertz CT molecular complexity index is 628. The van der Waals surface area contributed by atoms with Crippen LogP contribution in [-0.2, 0) is 0 Å². The lowest BCUT2D eigenvalue weighted by Crippen LogP contribution is -2.23. The van der Waals surface area contributed by atoms with E-state index in [1.165, 1.54) is 5.56 Å². The Morgan fingerprint density at radius 2 is 1.45 bits per heavy atom. The summed E-state index contributed by atoms with van der Waals surface area (Å²) >= 11 is 7.04. The van der Waals surface area contributed by atoms with Gasteiger partial charge in [0, 0.05) is 6.42 Å². The predicted molar refractivity (Wildman–Crippen MR) is 97.8 cm³/mol. The van der Waals surface area contributed by atoms with Crippen LogP contribution in [0.5, 0.6) is 11.5 Å². The molecule has 0 saturated heterocycles. The third-order valence-corrected chi connectivity index (χ3v) is 4.52. The van der Waals surface area contributed by atoms with E-state index in [1.54, 1.807) is 0 Å². The molecule has 0 radical (unpaired) electrons. The molecule has 0 amide bonds. The second kappa shape index (κ2) is 8.02. The number of benzene rings is 2. The van der Waals surface area contributed by atoms with E-state index in [9.17, 15) is 0 Å². The first-order chi connectivity index (χ1) is 10.5. The molecule has 2 rings (SSSR count). The summed E-state index contributed by atoms with van der Waals surface area (Å²) < 4.78 is 13.9. The minimum atomic E-state index is 0.0662. The van der Waals surface area contributed by atoms with Gasteiger partial charge < -0.3 is 9.47 Å². The Labute approximate surface area is 149 Å². The van der Waals surface area contributed by atoms with Gasteiger partial charge in [-0.15, -0.1) is 0 Å². The maximum absolute atomic E-state index is 6.00. The Kier molecular flexibility index (Phi) is 6.33. The summed E-state index contributed by atoms with van der Waals surface area (Å²) in [7, 11) is 0. The van der Waals surface area contributed by atoms with Crippen molar-refractivity contribution in [2.45, 2.75) is 39.4 Å². The molecule has 0 aliphatic carbocycles. The molecule has 2 nitrogen and oxygen atoms in total. The summed E-state index contributed by atoms with van der Waals surface area (Å²) in [6.07, 6.45) is 0.941. The van der Waals surface area contributed by atoms with Crippen LogP contribution in [0, 0.1) is 6.92 Å². The van der Waals surface area contributed by atoms with E-state index in [1.807, 2.05) is 36.4 Å². The Morgan fingerprint density at radius 1 is 0.864 bits per heavy atom. The molecule has 0 fully saturated rings. The van der Waals surface area contributed by atoms with Crippen molar-refractivity contribution in [3.05, 3.63) is 57.0 Å². The monoisotopic (exact) mass is 426 g/mol. The third kappa shape index (κ3) is 5.03. The van der Waals surface area contributed by atoms with Crippen LogP contribution in [-0.4, -0.2) is 12.2 Å². The summed E-state index contributed by atoms with van der Waals surface area (Å²) in [6.45, 7) is 6.18. The lowest BCUT2D eigenvalue weighted by atomic mass is 10.2. The number of rotatable bonds is 6. The van der Waals surface area contributed by atoms with Crippen molar-refractivity contribution in [3.8, 4) is 11.5 Å². The minimum absolute atomic E-state index is 0.0662. The van der Waals surface area contributed by atoms with Gasteiger partial charge in [0.05, 0.1) is 21.2 Å². The summed E-state index contributed by atoms with van der Waals surface area (Å²) in [4.78, 5) is 0. The first kappa shape index (κ1) is 17.4. The minimum Gasteiger partial charge on any atom is -0.489 e. The van der Waals surface area contributed by atoms with E-state index < -0.39 is 0 Å². The zero-order valence-corrected chi connectivity index (χ0v) is 16.1. The highest BCUT2D eigenvalue weighted by atomic mass is 79.9. The average molecular weight is 428 g/mol. The van der Waals surface area contributed by atoms with Gasteiger partial charge in [-0.2, -0.15) is 0 Å². The number of halogens is 2. The molecule has 0 spiro atoms. The topological polar surface area (TPSA) is 18.5 Å². The highest BCUT2D eigenvalue weighted by Crippen LogP contribution is 2.28. The molecule has 0 aromatic heterocycles. The molecule has 2 aromatic rings. The van der Waals surface area contributed by atoms with Crippen LogP contribution >= 0.6 is 31.9 Å². The second-order valence-electron chi connectivity index (χ2n) is 5.46. The number of aryl methyl sites for hydroxylation is 1. The first-order valence-corrected chi connectivity index (χ1v) is 8.88. The van der Waals surface area contributed by atoms with Crippen LogP contribution < -0.4 is 9.47 Å². The zero-order chi connectivity index (χ0) is 16.1. The lowest BCUT2D eigenvalue weighted by molar-refractivity contribution is 0.130. The van der Waals surface area contributed by atoms with Crippen molar-refractivity contribution in [1.82, 2.24) is 0 Å². The van der Waals surface area contributed by atoms with E-state index in [2.05, 4.69) is 58.7 Å². The summed E-state index contributed by atoms with van der Waals surface area (Å²) in [5, 5.41) is 0. The summed E-state index contributed by atoms with van der Waals surface area (Å²) in [6, 6.07) is 14.0. The molecule has 0 aliphatic rings. The standard InChI is InChI=1S/C18H20Br2O2/c1-12-8-9-18(16(20)10-12)22-14(3)11-13(2)21-17-7-5-4-6-15(17)19/h4-10,13-14H,11H2,1-3H3. The fourth-order valence-electron chi connectivity index (χ4n) is 2.24. The molecule has 0 bridgehead atoms. The molecule has 22 heavy (non-hydrogen) atoms. The van der Waals surface area contributed by atoms with Gasteiger partial charge in [0.15, 0.2) is 0 Å². The van der Waals surface area contributed by atoms with E-state index >= 15 is 0 Å². The molecule has 0 heterocycles. The molecule has 0 N–H and O–H groups in total. The van der Waals surface area contributed by atoms with Crippen LogP contribution in [0.2, 0.25) is 0 Å². The normalized spacial score (nSPS) is 13.5. The number of hydrogen-bond acceptors (Lipinski definition) is 2.